The number of rotatable bonds is 5. The molecule has 182 valence electrons. The lowest BCUT2D eigenvalue weighted by Gasteiger charge is -2.27. The maximum absolute atomic E-state index is 13.5. The Morgan fingerprint density at radius 3 is 2.57 bits per heavy atom. The molecule has 4 heterocycles. The van der Waals surface area contributed by atoms with Gasteiger partial charge in [-0.15, -0.1) is 28.3 Å². The number of benzene rings is 2. The molecule has 0 bridgehead atoms. The van der Waals surface area contributed by atoms with Crippen LogP contribution in [-0.4, -0.2) is 59.0 Å². The molecule has 4 aromatic rings. The minimum Gasteiger partial charge on any atom is -0.486 e. The van der Waals surface area contributed by atoms with Crippen LogP contribution < -0.4 is 15.0 Å². The Balaban J connectivity index is 0.00000253. The fourth-order valence-corrected chi connectivity index (χ4v) is 5.10. The molecule has 0 aliphatic carbocycles. The molecule has 0 atom stereocenters. The van der Waals surface area contributed by atoms with E-state index in [1.54, 1.807) is 15.9 Å². The van der Waals surface area contributed by atoms with Gasteiger partial charge in [-0.1, -0.05) is 12.1 Å². The Morgan fingerprint density at radius 1 is 0.914 bits per heavy atom. The lowest BCUT2D eigenvalue weighted by molar-refractivity contribution is 0.0325. The smallest absolute Gasteiger partial charge is 0.261 e. The van der Waals surface area contributed by atoms with Crippen molar-refractivity contribution in [1.82, 2.24) is 19.4 Å². The summed E-state index contributed by atoms with van der Waals surface area (Å²) >= 11 is 1.54. The molecule has 10 heteroatoms. The SMILES string of the molecule is Br.O=c1c2ccccc2nc(CN2CCOCC2)n1Cc1nc(-c2ccc3c(c2)OCCO3)cs1. The van der Waals surface area contributed by atoms with Gasteiger partial charge in [0.05, 0.1) is 42.9 Å². The summed E-state index contributed by atoms with van der Waals surface area (Å²) in [4.78, 5) is 25.4. The van der Waals surface area contributed by atoms with Crippen molar-refractivity contribution in [3.63, 3.8) is 0 Å². The summed E-state index contributed by atoms with van der Waals surface area (Å²) in [5.41, 5.74) is 2.51. The minimum atomic E-state index is -0.0371. The Bertz CT molecular complexity index is 1400. The first-order valence-electron chi connectivity index (χ1n) is 11.4. The highest BCUT2D eigenvalue weighted by molar-refractivity contribution is 8.93. The topological polar surface area (TPSA) is 78.7 Å². The zero-order valence-corrected chi connectivity index (χ0v) is 21.5. The van der Waals surface area contributed by atoms with E-state index < -0.39 is 0 Å². The number of hydrogen-bond donors (Lipinski definition) is 0. The van der Waals surface area contributed by atoms with E-state index in [1.807, 2.05) is 47.8 Å². The van der Waals surface area contributed by atoms with Crippen LogP contribution in [0.4, 0.5) is 0 Å². The van der Waals surface area contributed by atoms with Gasteiger partial charge in [0.1, 0.15) is 24.0 Å². The maximum atomic E-state index is 13.5. The van der Waals surface area contributed by atoms with Crippen LogP contribution in [0.5, 0.6) is 11.5 Å². The second-order valence-electron chi connectivity index (χ2n) is 8.31. The van der Waals surface area contributed by atoms with Gasteiger partial charge in [0.25, 0.3) is 5.56 Å². The van der Waals surface area contributed by atoms with E-state index in [2.05, 4.69) is 4.90 Å². The predicted molar refractivity (Wildman–Crippen MR) is 140 cm³/mol. The number of halogens is 1. The number of para-hydroxylation sites is 1. The summed E-state index contributed by atoms with van der Waals surface area (Å²) in [5.74, 6) is 2.25. The number of ether oxygens (including phenoxy) is 3. The normalized spacial score (nSPS) is 15.7. The number of thiazole rings is 1. The summed E-state index contributed by atoms with van der Waals surface area (Å²) in [5, 5.41) is 3.49. The first-order valence-corrected chi connectivity index (χ1v) is 12.3. The number of fused-ring (bicyclic) bond motifs is 2. The van der Waals surface area contributed by atoms with Crippen LogP contribution in [0, 0.1) is 0 Å². The highest BCUT2D eigenvalue weighted by atomic mass is 79.9. The lowest BCUT2D eigenvalue weighted by Crippen LogP contribution is -2.38. The number of nitrogens with zero attached hydrogens (tertiary/aromatic N) is 4. The molecule has 0 N–H and O–H groups in total. The second kappa shape index (κ2) is 10.4. The molecule has 1 fully saturated rings. The molecule has 0 amide bonds. The van der Waals surface area contributed by atoms with Gasteiger partial charge in [0, 0.05) is 24.0 Å². The van der Waals surface area contributed by atoms with Gasteiger partial charge in [-0.25, -0.2) is 9.97 Å². The number of hydrogen-bond acceptors (Lipinski definition) is 8. The van der Waals surface area contributed by atoms with E-state index in [1.165, 1.54) is 0 Å². The largest absolute Gasteiger partial charge is 0.486 e. The summed E-state index contributed by atoms with van der Waals surface area (Å²) in [7, 11) is 0. The molecule has 2 aromatic heterocycles. The van der Waals surface area contributed by atoms with Crippen molar-refractivity contribution < 1.29 is 14.2 Å². The Labute approximate surface area is 216 Å². The summed E-state index contributed by atoms with van der Waals surface area (Å²) in [6.07, 6.45) is 0. The quantitative estimate of drug-likeness (QED) is 0.370. The van der Waals surface area contributed by atoms with Crippen LogP contribution in [0.25, 0.3) is 22.2 Å². The van der Waals surface area contributed by atoms with Gasteiger partial charge in [-0.3, -0.25) is 14.3 Å². The molecule has 0 radical (unpaired) electrons. The van der Waals surface area contributed by atoms with E-state index in [-0.39, 0.29) is 22.5 Å². The predicted octanol–water partition coefficient (Wildman–Crippen LogP) is 3.75. The molecule has 0 unspecified atom stereocenters. The van der Waals surface area contributed by atoms with Crippen molar-refractivity contribution in [2.24, 2.45) is 0 Å². The van der Waals surface area contributed by atoms with E-state index in [4.69, 9.17) is 24.2 Å². The van der Waals surface area contributed by atoms with Gasteiger partial charge < -0.3 is 14.2 Å². The van der Waals surface area contributed by atoms with Crippen molar-refractivity contribution in [2.45, 2.75) is 13.1 Å². The molecule has 8 nitrogen and oxygen atoms in total. The number of aromatic nitrogens is 3. The molecular formula is C25H25BrN4O4S. The highest BCUT2D eigenvalue weighted by Gasteiger charge is 2.19. The molecular weight excluding hydrogens is 532 g/mol. The van der Waals surface area contributed by atoms with E-state index in [0.717, 1.165) is 52.2 Å². The number of morpholine rings is 1. The van der Waals surface area contributed by atoms with Crippen LogP contribution in [0.1, 0.15) is 10.8 Å². The third-order valence-corrected chi connectivity index (χ3v) is 6.93. The Kier molecular flexibility index (Phi) is 7.14. The van der Waals surface area contributed by atoms with Gasteiger partial charge in [-0.05, 0) is 30.3 Å². The average molecular weight is 557 g/mol. The minimum absolute atomic E-state index is 0. The van der Waals surface area contributed by atoms with Gasteiger partial charge >= 0.3 is 0 Å². The van der Waals surface area contributed by atoms with Gasteiger partial charge in [0.15, 0.2) is 11.5 Å². The zero-order chi connectivity index (χ0) is 22.9. The third-order valence-electron chi connectivity index (χ3n) is 6.09. The molecule has 2 aliphatic heterocycles. The van der Waals surface area contributed by atoms with Crippen LogP contribution in [0.15, 0.2) is 52.6 Å². The lowest BCUT2D eigenvalue weighted by atomic mass is 10.1. The Hall–Kier alpha value is -2.79. The molecule has 35 heavy (non-hydrogen) atoms. The Morgan fingerprint density at radius 2 is 1.71 bits per heavy atom. The standard InChI is InChI=1S/C25H24N4O4S.BrH/c30-25-18-3-1-2-4-19(18)26-23(14-28-7-9-31-10-8-28)29(25)15-24-27-20(16-34-24)17-5-6-21-22(13-17)33-12-11-32-21;/h1-6,13,16H,7-12,14-15H2;1H. The molecule has 0 saturated carbocycles. The highest BCUT2D eigenvalue weighted by Crippen LogP contribution is 2.34. The van der Waals surface area contributed by atoms with Crippen molar-refractivity contribution in [2.75, 3.05) is 39.5 Å². The first-order chi connectivity index (χ1) is 16.7. The molecule has 0 spiro atoms. The molecule has 1 saturated heterocycles. The van der Waals surface area contributed by atoms with E-state index in [0.29, 0.717) is 44.9 Å². The monoisotopic (exact) mass is 556 g/mol. The zero-order valence-electron chi connectivity index (χ0n) is 19.0. The van der Waals surface area contributed by atoms with Crippen molar-refractivity contribution in [3.05, 3.63) is 69.0 Å². The van der Waals surface area contributed by atoms with Crippen molar-refractivity contribution >= 4 is 39.2 Å². The van der Waals surface area contributed by atoms with Crippen molar-refractivity contribution in [3.8, 4) is 22.8 Å². The summed E-state index contributed by atoms with van der Waals surface area (Å²) in [6.45, 7) is 5.14. The summed E-state index contributed by atoms with van der Waals surface area (Å²) < 4.78 is 18.6. The van der Waals surface area contributed by atoms with E-state index in [9.17, 15) is 4.79 Å². The first kappa shape index (κ1) is 23.9. The average Bonchev–Trinajstić information content (AvgIpc) is 3.35. The van der Waals surface area contributed by atoms with Crippen LogP contribution in [0.3, 0.4) is 0 Å². The molecule has 2 aromatic carbocycles. The fraction of sp³-hybridized carbons (Fsp3) is 0.320. The van der Waals surface area contributed by atoms with Crippen LogP contribution in [-0.2, 0) is 17.8 Å². The second-order valence-corrected chi connectivity index (χ2v) is 9.25. The third kappa shape index (κ3) is 4.97. The van der Waals surface area contributed by atoms with Crippen LogP contribution >= 0.6 is 28.3 Å². The maximum Gasteiger partial charge on any atom is 0.261 e. The molecule has 6 rings (SSSR count). The summed E-state index contributed by atoms with van der Waals surface area (Å²) in [6, 6.07) is 13.4. The fourth-order valence-electron chi connectivity index (χ4n) is 4.31. The van der Waals surface area contributed by atoms with Crippen molar-refractivity contribution in [1.29, 1.82) is 0 Å². The van der Waals surface area contributed by atoms with E-state index >= 15 is 0 Å². The van der Waals surface area contributed by atoms with Gasteiger partial charge in [0.2, 0.25) is 0 Å². The molecule has 2 aliphatic rings. The van der Waals surface area contributed by atoms with Crippen LogP contribution in [0.2, 0.25) is 0 Å². The van der Waals surface area contributed by atoms with Gasteiger partial charge in [-0.2, -0.15) is 0 Å².